The summed E-state index contributed by atoms with van der Waals surface area (Å²) in [7, 11) is 0. The number of aryl methyl sites for hydroxylation is 2. The van der Waals surface area contributed by atoms with Crippen LogP contribution in [0.4, 0.5) is 5.13 Å². The fourth-order valence-electron chi connectivity index (χ4n) is 2.68. The highest BCUT2D eigenvalue weighted by molar-refractivity contribution is 7.15. The number of hydrogen-bond acceptors (Lipinski definition) is 4. The van der Waals surface area contributed by atoms with E-state index < -0.39 is 0 Å². The molecule has 20 heavy (non-hydrogen) atoms. The second kappa shape index (κ2) is 6.87. The van der Waals surface area contributed by atoms with Gasteiger partial charge in [0.15, 0.2) is 5.13 Å². The van der Waals surface area contributed by atoms with E-state index in [0.29, 0.717) is 5.92 Å². The number of thiazole rings is 1. The molecular formula is C14H22ClN3OS. The summed E-state index contributed by atoms with van der Waals surface area (Å²) in [6.07, 6.45) is 5.99. The van der Waals surface area contributed by atoms with E-state index in [-0.39, 0.29) is 24.2 Å². The summed E-state index contributed by atoms with van der Waals surface area (Å²) in [5.74, 6) is 0.679. The molecule has 0 saturated carbocycles. The third-order valence-corrected chi connectivity index (χ3v) is 5.33. The van der Waals surface area contributed by atoms with Crippen LogP contribution >= 0.6 is 23.7 Å². The third-order valence-electron chi connectivity index (χ3n) is 4.26. The molecule has 1 aromatic heterocycles. The summed E-state index contributed by atoms with van der Waals surface area (Å²) in [4.78, 5) is 18.1. The zero-order chi connectivity index (χ0) is 13.2. The molecule has 1 aliphatic carbocycles. The van der Waals surface area contributed by atoms with Crippen molar-refractivity contribution in [3.63, 3.8) is 0 Å². The minimum absolute atomic E-state index is 0. The van der Waals surface area contributed by atoms with Crippen LogP contribution in [0.15, 0.2) is 0 Å². The molecule has 0 bridgehead atoms. The lowest BCUT2D eigenvalue weighted by Crippen LogP contribution is -2.48. The number of aromatic nitrogens is 1. The van der Waals surface area contributed by atoms with Gasteiger partial charge < -0.3 is 10.6 Å². The van der Waals surface area contributed by atoms with Gasteiger partial charge >= 0.3 is 0 Å². The maximum Gasteiger partial charge on any atom is 0.229 e. The van der Waals surface area contributed by atoms with E-state index >= 15 is 0 Å². The molecule has 6 heteroatoms. The van der Waals surface area contributed by atoms with Crippen LogP contribution in [0.5, 0.6) is 0 Å². The lowest BCUT2D eigenvalue weighted by atomic mass is 9.88. The number of halogens is 1. The number of anilines is 1. The lowest BCUT2D eigenvalue weighted by molar-refractivity contribution is -0.121. The van der Waals surface area contributed by atoms with E-state index in [0.717, 1.165) is 31.1 Å². The molecule has 2 aliphatic rings. The van der Waals surface area contributed by atoms with Gasteiger partial charge in [0.05, 0.1) is 5.69 Å². The topological polar surface area (TPSA) is 54.0 Å². The Morgan fingerprint density at radius 2 is 2.10 bits per heavy atom. The standard InChI is InChI=1S/C14H21N3OS.ClH/c1-9(10-7-15-8-10)13(18)17-14-16-11-5-3-2-4-6-12(11)19-14;/h9-10,15H,2-8H2,1H3,(H,16,17,18);1H. The van der Waals surface area contributed by atoms with E-state index in [1.807, 2.05) is 6.92 Å². The first-order valence-corrected chi connectivity index (χ1v) is 8.06. The summed E-state index contributed by atoms with van der Waals surface area (Å²) in [6.45, 7) is 3.94. The van der Waals surface area contributed by atoms with Gasteiger partial charge in [-0.1, -0.05) is 13.3 Å². The van der Waals surface area contributed by atoms with Crippen molar-refractivity contribution < 1.29 is 4.79 Å². The van der Waals surface area contributed by atoms with Crippen LogP contribution in [0.2, 0.25) is 0 Å². The Bertz CT molecular complexity index is 449. The molecule has 112 valence electrons. The van der Waals surface area contributed by atoms with Gasteiger partial charge in [0, 0.05) is 10.8 Å². The second-order valence-electron chi connectivity index (χ2n) is 5.65. The van der Waals surface area contributed by atoms with Gasteiger partial charge in [-0.15, -0.1) is 23.7 Å². The quantitative estimate of drug-likeness (QED) is 0.843. The van der Waals surface area contributed by atoms with Crippen LogP contribution in [0.1, 0.15) is 36.8 Å². The summed E-state index contributed by atoms with van der Waals surface area (Å²) in [5, 5.41) is 7.03. The average molecular weight is 316 g/mol. The summed E-state index contributed by atoms with van der Waals surface area (Å²) in [5.41, 5.74) is 1.22. The van der Waals surface area contributed by atoms with Crippen molar-refractivity contribution in [2.75, 3.05) is 18.4 Å². The molecule has 2 heterocycles. The van der Waals surface area contributed by atoms with Gasteiger partial charge in [0.25, 0.3) is 0 Å². The molecule has 3 rings (SSSR count). The van der Waals surface area contributed by atoms with E-state index in [1.54, 1.807) is 11.3 Å². The molecule has 1 fully saturated rings. The lowest BCUT2D eigenvalue weighted by Gasteiger charge is -2.31. The Hall–Kier alpha value is -0.650. The molecule has 0 radical (unpaired) electrons. The molecule has 1 aliphatic heterocycles. The third kappa shape index (κ3) is 3.32. The molecule has 1 aromatic rings. The highest BCUT2D eigenvalue weighted by Gasteiger charge is 2.29. The molecule has 0 spiro atoms. The van der Waals surface area contributed by atoms with Gasteiger partial charge in [-0.2, -0.15) is 0 Å². The number of nitrogens with zero attached hydrogens (tertiary/aromatic N) is 1. The largest absolute Gasteiger partial charge is 0.316 e. The maximum absolute atomic E-state index is 12.2. The average Bonchev–Trinajstić information content (AvgIpc) is 2.56. The van der Waals surface area contributed by atoms with E-state index in [4.69, 9.17) is 0 Å². The van der Waals surface area contributed by atoms with Crippen molar-refractivity contribution in [3.8, 4) is 0 Å². The first-order chi connectivity index (χ1) is 9.24. The van der Waals surface area contributed by atoms with Crippen LogP contribution in [-0.2, 0) is 17.6 Å². The molecule has 2 N–H and O–H groups in total. The van der Waals surface area contributed by atoms with Gasteiger partial charge in [-0.05, 0) is 44.7 Å². The summed E-state index contributed by atoms with van der Waals surface area (Å²) < 4.78 is 0. The first kappa shape index (κ1) is 15.7. The van der Waals surface area contributed by atoms with Gasteiger partial charge in [0.2, 0.25) is 5.91 Å². The van der Waals surface area contributed by atoms with Crippen molar-refractivity contribution >= 4 is 34.8 Å². The van der Waals surface area contributed by atoms with Crippen molar-refractivity contribution in [2.45, 2.75) is 39.0 Å². The van der Waals surface area contributed by atoms with Gasteiger partial charge in [-0.25, -0.2) is 4.98 Å². The predicted octanol–water partition coefficient (Wildman–Crippen LogP) is 2.63. The minimum Gasteiger partial charge on any atom is -0.316 e. The summed E-state index contributed by atoms with van der Waals surface area (Å²) >= 11 is 1.67. The fraction of sp³-hybridized carbons (Fsp3) is 0.714. The zero-order valence-electron chi connectivity index (χ0n) is 11.8. The number of rotatable bonds is 3. The van der Waals surface area contributed by atoms with Crippen LogP contribution in [-0.4, -0.2) is 24.0 Å². The normalized spacial score (nSPS) is 20.1. The van der Waals surface area contributed by atoms with Crippen molar-refractivity contribution in [3.05, 3.63) is 10.6 Å². The SMILES string of the molecule is CC(C(=O)Nc1nc2c(s1)CCCCC2)C1CNC1.Cl. The number of hydrogen-bond donors (Lipinski definition) is 2. The highest BCUT2D eigenvalue weighted by atomic mass is 35.5. The van der Waals surface area contributed by atoms with E-state index in [9.17, 15) is 4.79 Å². The second-order valence-corrected chi connectivity index (χ2v) is 6.73. The number of carbonyl (C=O) groups is 1. The number of amides is 1. The Balaban J connectivity index is 0.00000147. The monoisotopic (exact) mass is 315 g/mol. The number of nitrogens with one attached hydrogen (secondary N) is 2. The van der Waals surface area contributed by atoms with Gasteiger partial charge in [-0.3, -0.25) is 4.79 Å². The molecule has 4 nitrogen and oxygen atoms in total. The Morgan fingerprint density at radius 3 is 2.80 bits per heavy atom. The van der Waals surface area contributed by atoms with Crippen molar-refractivity contribution in [1.82, 2.24) is 10.3 Å². The van der Waals surface area contributed by atoms with Crippen LogP contribution in [0.3, 0.4) is 0 Å². The fourth-order valence-corrected chi connectivity index (χ4v) is 3.73. The van der Waals surface area contributed by atoms with Gasteiger partial charge in [0.1, 0.15) is 0 Å². The van der Waals surface area contributed by atoms with Crippen LogP contribution in [0.25, 0.3) is 0 Å². The number of carbonyl (C=O) groups excluding carboxylic acids is 1. The minimum atomic E-state index is 0. The molecular weight excluding hydrogens is 294 g/mol. The molecule has 1 saturated heterocycles. The van der Waals surface area contributed by atoms with Crippen molar-refractivity contribution in [1.29, 1.82) is 0 Å². The van der Waals surface area contributed by atoms with Crippen LogP contribution < -0.4 is 10.6 Å². The summed E-state index contributed by atoms with van der Waals surface area (Å²) in [6, 6.07) is 0. The molecule has 1 unspecified atom stereocenters. The predicted molar refractivity (Wildman–Crippen MR) is 84.8 cm³/mol. The van der Waals surface area contributed by atoms with E-state index in [2.05, 4.69) is 15.6 Å². The maximum atomic E-state index is 12.2. The highest BCUT2D eigenvalue weighted by Crippen LogP contribution is 2.29. The molecule has 1 atom stereocenters. The van der Waals surface area contributed by atoms with Crippen LogP contribution in [0, 0.1) is 11.8 Å². The Kier molecular flexibility index (Phi) is 5.41. The van der Waals surface area contributed by atoms with E-state index in [1.165, 1.54) is 29.8 Å². The Labute approximate surface area is 130 Å². The van der Waals surface area contributed by atoms with Crippen molar-refractivity contribution in [2.24, 2.45) is 11.8 Å². The zero-order valence-corrected chi connectivity index (χ0v) is 13.4. The molecule has 1 amide bonds. The Morgan fingerprint density at radius 1 is 1.35 bits per heavy atom. The smallest absolute Gasteiger partial charge is 0.229 e. The molecule has 0 aromatic carbocycles. The number of fused-ring (bicyclic) bond motifs is 1. The first-order valence-electron chi connectivity index (χ1n) is 7.24.